The van der Waals surface area contributed by atoms with Crippen molar-refractivity contribution in [2.45, 2.75) is 0 Å². The highest BCUT2D eigenvalue weighted by atomic mass is 35.5. The first kappa shape index (κ1) is 11.7. The monoisotopic (exact) mass is 242 g/mol. The van der Waals surface area contributed by atoms with E-state index in [2.05, 4.69) is 22.4 Å². The number of primary amides is 1. The number of ether oxygens (including phenoxy) is 1. The number of aliphatic imine (C=N–C) groups is 1. The predicted molar refractivity (Wildman–Crippen MR) is 61.2 cm³/mol. The lowest BCUT2D eigenvalue weighted by molar-refractivity contribution is 0.0997. The molecule has 0 aliphatic rings. The van der Waals surface area contributed by atoms with Crippen molar-refractivity contribution in [2.24, 2.45) is 10.7 Å². The Labute approximate surface area is 96.7 Å². The van der Waals surface area contributed by atoms with Crippen LogP contribution in [0.4, 0.5) is 5.69 Å². The molecule has 0 fully saturated rings. The number of carbonyl (C=O) groups is 1. The highest BCUT2D eigenvalue weighted by Crippen LogP contribution is 2.32. The first-order valence-corrected chi connectivity index (χ1v) is 4.64. The van der Waals surface area contributed by atoms with Gasteiger partial charge in [0.15, 0.2) is 0 Å². The number of nitrogens with zero attached hydrogens (tertiary/aromatic N) is 1. The van der Waals surface area contributed by atoms with E-state index in [1.807, 2.05) is 0 Å². The molecule has 15 heavy (non-hydrogen) atoms. The van der Waals surface area contributed by atoms with Gasteiger partial charge in [-0.1, -0.05) is 11.6 Å². The Morgan fingerprint density at radius 3 is 2.80 bits per heavy atom. The van der Waals surface area contributed by atoms with Gasteiger partial charge >= 0.3 is 0 Å². The zero-order valence-corrected chi connectivity index (χ0v) is 9.35. The van der Waals surface area contributed by atoms with Crippen molar-refractivity contribution in [3.8, 4) is 5.75 Å². The van der Waals surface area contributed by atoms with Gasteiger partial charge in [-0.25, -0.2) is 0 Å². The quantitative estimate of drug-likeness (QED) is 0.653. The van der Waals surface area contributed by atoms with Crippen LogP contribution in [0.5, 0.6) is 5.75 Å². The summed E-state index contributed by atoms with van der Waals surface area (Å²) in [6.45, 7) is 0. The van der Waals surface area contributed by atoms with Gasteiger partial charge in [-0.05, 0) is 18.3 Å². The van der Waals surface area contributed by atoms with Crippen molar-refractivity contribution >= 4 is 40.6 Å². The third kappa shape index (κ3) is 2.53. The van der Waals surface area contributed by atoms with Gasteiger partial charge in [0.05, 0.1) is 28.5 Å². The largest absolute Gasteiger partial charge is 0.496 e. The lowest BCUT2D eigenvalue weighted by Crippen LogP contribution is -2.12. The van der Waals surface area contributed by atoms with Crippen LogP contribution in [0, 0.1) is 0 Å². The molecular weight excluding hydrogens is 236 g/mol. The molecule has 1 amide bonds. The molecule has 0 aromatic heterocycles. The molecule has 1 aromatic rings. The number of methoxy groups -OCH3 is 1. The van der Waals surface area contributed by atoms with E-state index >= 15 is 0 Å². The van der Waals surface area contributed by atoms with Gasteiger partial charge in [0.1, 0.15) is 5.75 Å². The van der Waals surface area contributed by atoms with Crippen molar-refractivity contribution in [3.63, 3.8) is 0 Å². The SMILES string of the molecule is COc1cc(N=C=S)c(Cl)cc1C(N)=O. The summed E-state index contributed by atoms with van der Waals surface area (Å²) in [6.07, 6.45) is 0. The molecule has 0 spiro atoms. The van der Waals surface area contributed by atoms with Crippen LogP contribution in [0.15, 0.2) is 17.1 Å². The number of benzene rings is 1. The third-order valence-corrected chi connectivity index (χ3v) is 2.09. The second-order valence-corrected chi connectivity index (χ2v) is 3.16. The average molecular weight is 243 g/mol. The first-order valence-electron chi connectivity index (χ1n) is 3.85. The minimum atomic E-state index is -0.619. The van der Waals surface area contributed by atoms with Crippen LogP contribution in [0.1, 0.15) is 10.4 Å². The van der Waals surface area contributed by atoms with Crippen molar-refractivity contribution < 1.29 is 9.53 Å². The molecule has 0 saturated carbocycles. The molecule has 0 atom stereocenters. The van der Waals surface area contributed by atoms with E-state index < -0.39 is 5.91 Å². The molecule has 0 bridgehead atoms. The third-order valence-electron chi connectivity index (χ3n) is 1.70. The number of nitrogens with two attached hydrogens (primary N) is 1. The smallest absolute Gasteiger partial charge is 0.252 e. The summed E-state index contributed by atoms with van der Waals surface area (Å²) < 4.78 is 4.97. The molecule has 0 heterocycles. The van der Waals surface area contributed by atoms with Crippen molar-refractivity contribution in [3.05, 3.63) is 22.7 Å². The van der Waals surface area contributed by atoms with E-state index in [1.54, 1.807) is 0 Å². The molecule has 2 N–H and O–H groups in total. The highest BCUT2D eigenvalue weighted by molar-refractivity contribution is 7.78. The van der Waals surface area contributed by atoms with Gasteiger partial charge in [-0.2, -0.15) is 4.99 Å². The molecule has 0 saturated heterocycles. The van der Waals surface area contributed by atoms with Crippen LogP contribution in [0.25, 0.3) is 0 Å². The van der Waals surface area contributed by atoms with Gasteiger partial charge in [-0.3, -0.25) is 4.79 Å². The summed E-state index contributed by atoms with van der Waals surface area (Å²) in [6, 6.07) is 2.86. The van der Waals surface area contributed by atoms with E-state index in [9.17, 15) is 4.79 Å². The number of hydrogen-bond donors (Lipinski definition) is 1. The summed E-state index contributed by atoms with van der Waals surface area (Å²) >= 11 is 10.3. The lowest BCUT2D eigenvalue weighted by Gasteiger charge is -2.07. The zero-order valence-electron chi connectivity index (χ0n) is 7.78. The van der Waals surface area contributed by atoms with E-state index in [4.69, 9.17) is 22.1 Å². The zero-order chi connectivity index (χ0) is 11.4. The Bertz CT molecular complexity index is 456. The summed E-state index contributed by atoms with van der Waals surface area (Å²) in [4.78, 5) is 14.7. The van der Waals surface area contributed by atoms with Crippen LogP contribution in [-0.2, 0) is 0 Å². The molecule has 0 aliphatic carbocycles. The lowest BCUT2D eigenvalue weighted by atomic mass is 10.1. The van der Waals surface area contributed by atoms with Crippen LogP contribution >= 0.6 is 23.8 Å². The number of carbonyl (C=O) groups excluding carboxylic acids is 1. The normalized spacial score (nSPS) is 9.20. The fourth-order valence-corrected chi connectivity index (χ4v) is 1.34. The number of thiocarbonyl (C=S) groups is 1. The molecular formula is C9H7ClN2O2S. The predicted octanol–water partition coefficient (Wildman–Crippen LogP) is 2.18. The number of amides is 1. The van der Waals surface area contributed by atoms with Crippen LogP contribution in [0.2, 0.25) is 5.02 Å². The number of hydrogen-bond acceptors (Lipinski definition) is 4. The Morgan fingerprint density at radius 1 is 1.67 bits per heavy atom. The van der Waals surface area contributed by atoms with Gasteiger partial charge in [0.2, 0.25) is 0 Å². The fourth-order valence-electron chi connectivity index (χ4n) is 1.04. The van der Waals surface area contributed by atoms with Gasteiger partial charge in [0.25, 0.3) is 5.91 Å². The topological polar surface area (TPSA) is 64.7 Å². The molecule has 6 heteroatoms. The number of halogens is 1. The second-order valence-electron chi connectivity index (χ2n) is 2.57. The maximum absolute atomic E-state index is 11.0. The van der Waals surface area contributed by atoms with Crippen molar-refractivity contribution in [2.75, 3.05) is 7.11 Å². The van der Waals surface area contributed by atoms with Gasteiger partial charge in [-0.15, -0.1) is 0 Å². The van der Waals surface area contributed by atoms with Gasteiger partial charge < -0.3 is 10.5 Å². The molecule has 1 aromatic carbocycles. The Kier molecular flexibility index (Phi) is 3.80. The molecule has 0 aliphatic heterocycles. The Balaban J connectivity index is 3.41. The molecule has 0 unspecified atom stereocenters. The van der Waals surface area contributed by atoms with E-state index in [1.165, 1.54) is 19.2 Å². The standard InChI is InChI=1S/C9H7ClN2O2S/c1-14-8-3-7(12-4-15)6(10)2-5(8)9(11)13/h2-3H,1H3,(H2,11,13). The van der Waals surface area contributed by atoms with E-state index in [0.29, 0.717) is 11.4 Å². The molecule has 4 nitrogen and oxygen atoms in total. The number of rotatable bonds is 3. The number of isothiocyanates is 1. The second kappa shape index (κ2) is 4.89. The van der Waals surface area contributed by atoms with Crippen LogP contribution in [0.3, 0.4) is 0 Å². The maximum atomic E-state index is 11.0. The summed E-state index contributed by atoms with van der Waals surface area (Å²) in [5.74, 6) is -0.317. The molecule has 78 valence electrons. The Morgan fingerprint density at radius 2 is 2.33 bits per heavy atom. The minimum Gasteiger partial charge on any atom is -0.496 e. The summed E-state index contributed by atoms with van der Waals surface area (Å²) in [5.41, 5.74) is 5.72. The fraction of sp³-hybridized carbons (Fsp3) is 0.111. The van der Waals surface area contributed by atoms with E-state index in [0.717, 1.165) is 0 Å². The minimum absolute atomic E-state index is 0.200. The Hall–Kier alpha value is -1.42. The molecule has 0 radical (unpaired) electrons. The van der Waals surface area contributed by atoms with Crippen LogP contribution < -0.4 is 10.5 Å². The highest BCUT2D eigenvalue weighted by Gasteiger charge is 2.12. The maximum Gasteiger partial charge on any atom is 0.252 e. The van der Waals surface area contributed by atoms with Crippen molar-refractivity contribution in [1.29, 1.82) is 0 Å². The first-order chi connectivity index (χ1) is 7.10. The molecule has 1 rings (SSSR count). The van der Waals surface area contributed by atoms with Gasteiger partial charge in [0, 0.05) is 6.07 Å². The van der Waals surface area contributed by atoms with E-state index in [-0.39, 0.29) is 10.6 Å². The summed E-state index contributed by atoms with van der Waals surface area (Å²) in [5, 5.41) is 2.44. The average Bonchev–Trinajstić information content (AvgIpc) is 2.20. The summed E-state index contributed by atoms with van der Waals surface area (Å²) in [7, 11) is 1.42. The van der Waals surface area contributed by atoms with Crippen molar-refractivity contribution in [1.82, 2.24) is 0 Å². The van der Waals surface area contributed by atoms with Crippen LogP contribution in [-0.4, -0.2) is 18.2 Å².